The number of methoxy groups -OCH3 is 1. The first kappa shape index (κ1) is 40.5. The number of carbonyl (C=O) groups is 3. The molecular formula is C32H49Cl2N5O7S. The molecule has 0 aromatic heterocycles. The van der Waals surface area contributed by atoms with Gasteiger partial charge in [0.05, 0.1) is 18.6 Å². The van der Waals surface area contributed by atoms with Crippen LogP contribution in [0.4, 0.5) is 0 Å². The van der Waals surface area contributed by atoms with Crippen molar-refractivity contribution >= 4 is 63.4 Å². The lowest BCUT2D eigenvalue weighted by molar-refractivity contribution is -0.139. The van der Waals surface area contributed by atoms with Crippen molar-refractivity contribution < 1.29 is 32.6 Å². The highest BCUT2D eigenvalue weighted by Gasteiger charge is 2.27. The summed E-state index contributed by atoms with van der Waals surface area (Å²) in [6.07, 6.45) is 7.92. The number of ether oxygens (including phenoxy) is 1. The number of rotatable bonds is 16. The Bertz CT molecular complexity index is 1400. The number of amides is 2. The number of sulfonamides is 1. The van der Waals surface area contributed by atoms with Crippen LogP contribution < -0.4 is 30.7 Å². The molecule has 1 atom stereocenters. The summed E-state index contributed by atoms with van der Waals surface area (Å²) in [6, 6.07) is 8.00. The largest absolute Gasteiger partial charge is 0.497 e. The zero-order valence-electron chi connectivity index (χ0n) is 26.8. The predicted molar refractivity (Wildman–Crippen MR) is 186 cm³/mol. The van der Waals surface area contributed by atoms with E-state index < -0.39 is 34.5 Å². The van der Waals surface area contributed by atoms with Gasteiger partial charge in [-0.1, -0.05) is 12.1 Å². The van der Waals surface area contributed by atoms with Crippen molar-refractivity contribution in [1.82, 2.24) is 26.0 Å². The quantitative estimate of drug-likeness (QED) is 0.153. The van der Waals surface area contributed by atoms with Gasteiger partial charge in [0.1, 0.15) is 11.8 Å². The molecule has 0 bridgehead atoms. The van der Waals surface area contributed by atoms with Crippen LogP contribution in [0.2, 0.25) is 0 Å². The second kappa shape index (κ2) is 20.0. The average Bonchev–Trinajstić information content (AvgIpc) is 3.05. The van der Waals surface area contributed by atoms with Crippen molar-refractivity contribution in [3.63, 3.8) is 0 Å². The fraction of sp³-hybridized carbons (Fsp3) is 0.594. The van der Waals surface area contributed by atoms with Gasteiger partial charge >= 0.3 is 5.97 Å². The van der Waals surface area contributed by atoms with Crippen molar-refractivity contribution in [3.8, 4) is 5.75 Å². The first-order chi connectivity index (χ1) is 21.6. The number of aliphatic carboxylic acids is 1. The first-order valence-electron chi connectivity index (χ1n) is 15.9. The number of nitrogens with one attached hydrogen (secondary N) is 5. The molecular weight excluding hydrogens is 669 g/mol. The van der Waals surface area contributed by atoms with Gasteiger partial charge in [-0.25, -0.2) is 8.42 Å². The minimum absolute atomic E-state index is 0. The van der Waals surface area contributed by atoms with Crippen LogP contribution >= 0.6 is 24.8 Å². The lowest BCUT2D eigenvalue weighted by Crippen LogP contribution is -2.50. The Kier molecular flexibility index (Phi) is 17.2. The van der Waals surface area contributed by atoms with E-state index in [2.05, 4.69) is 26.0 Å². The van der Waals surface area contributed by atoms with Gasteiger partial charge < -0.3 is 31.1 Å². The number of halogens is 2. The number of hydrogen-bond donors (Lipinski definition) is 6. The lowest BCUT2D eigenvalue weighted by Gasteiger charge is -2.27. The molecule has 264 valence electrons. The zero-order chi connectivity index (χ0) is 32.2. The van der Waals surface area contributed by atoms with Crippen LogP contribution in [-0.4, -0.2) is 83.7 Å². The van der Waals surface area contributed by atoms with Crippen molar-refractivity contribution in [2.45, 2.75) is 62.3 Å². The van der Waals surface area contributed by atoms with Gasteiger partial charge in [0.25, 0.3) is 0 Å². The summed E-state index contributed by atoms with van der Waals surface area (Å²) in [4.78, 5) is 37.6. The van der Waals surface area contributed by atoms with Gasteiger partial charge in [0.2, 0.25) is 21.8 Å². The van der Waals surface area contributed by atoms with Crippen molar-refractivity contribution in [3.05, 3.63) is 36.4 Å². The topological polar surface area (TPSA) is 175 Å². The smallest absolute Gasteiger partial charge is 0.323 e. The van der Waals surface area contributed by atoms with E-state index in [0.717, 1.165) is 82.9 Å². The summed E-state index contributed by atoms with van der Waals surface area (Å²) in [7, 11) is -2.68. The van der Waals surface area contributed by atoms with Crippen LogP contribution in [0.15, 0.2) is 41.3 Å². The molecule has 2 saturated heterocycles. The molecule has 47 heavy (non-hydrogen) atoms. The summed E-state index contributed by atoms with van der Waals surface area (Å²) in [5.74, 6) is -0.578. The highest BCUT2D eigenvalue weighted by atomic mass is 35.5. The Morgan fingerprint density at radius 1 is 0.872 bits per heavy atom. The second-order valence-corrected chi connectivity index (χ2v) is 13.9. The lowest BCUT2D eigenvalue weighted by atomic mass is 9.84. The molecule has 2 aliphatic heterocycles. The summed E-state index contributed by atoms with van der Waals surface area (Å²) < 4.78 is 33.4. The summed E-state index contributed by atoms with van der Waals surface area (Å²) in [5.41, 5.74) is 0. The summed E-state index contributed by atoms with van der Waals surface area (Å²) in [6.45, 7) is 3.21. The van der Waals surface area contributed by atoms with Gasteiger partial charge in [-0.05, 0) is 124 Å². The SMILES string of the molecule is COc1ccc2cc(S(=O)(=O)N[C@@H](CNC(=O)CNC(=O)C(CCC3CCNCC3)CCC3CCNCC3)C(=O)O)ccc2c1.Cl.Cl. The molecule has 4 rings (SSSR count). The molecule has 2 amide bonds. The minimum Gasteiger partial charge on any atom is -0.497 e. The fourth-order valence-electron chi connectivity index (χ4n) is 6.14. The number of carboxylic acid groups (broad SMARTS) is 1. The third-order valence-electron chi connectivity index (χ3n) is 8.99. The third-order valence-corrected chi connectivity index (χ3v) is 10.5. The monoisotopic (exact) mass is 717 g/mol. The van der Waals surface area contributed by atoms with Crippen LogP contribution in [0.1, 0.15) is 51.4 Å². The first-order valence-corrected chi connectivity index (χ1v) is 17.4. The molecule has 15 heteroatoms. The third kappa shape index (κ3) is 12.7. The standard InChI is InChI=1S/C32H47N5O7S.2ClH/c1-44-27-8-6-26-19-28(9-7-25(26)18-27)45(42,43)37-29(32(40)41)20-35-30(38)21-36-31(39)24(4-2-22-10-14-33-15-11-22)5-3-23-12-16-34-17-13-23;;/h6-9,18-19,22-24,29,33-34,37H,2-5,10-17,20-21H2,1H3,(H,35,38)(H,36,39)(H,40,41);2*1H/t29-;;/m0../s1. The molecule has 0 saturated carbocycles. The maximum atomic E-state index is 13.2. The van der Waals surface area contributed by atoms with E-state index in [1.807, 2.05) is 0 Å². The molecule has 2 aliphatic rings. The van der Waals surface area contributed by atoms with Crippen molar-refractivity contribution in [1.29, 1.82) is 0 Å². The number of benzene rings is 2. The maximum Gasteiger partial charge on any atom is 0.323 e. The van der Waals surface area contributed by atoms with Crippen molar-refractivity contribution in [2.24, 2.45) is 17.8 Å². The van der Waals surface area contributed by atoms with Gasteiger partial charge in [-0.15, -0.1) is 24.8 Å². The number of hydrogen-bond acceptors (Lipinski definition) is 8. The van der Waals surface area contributed by atoms with E-state index in [1.165, 1.54) is 19.2 Å². The van der Waals surface area contributed by atoms with Crippen LogP contribution in [0.3, 0.4) is 0 Å². The number of fused-ring (bicyclic) bond motifs is 1. The maximum absolute atomic E-state index is 13.2. The van der Waals surface area contributed by atoms with E-state index in [9.17, 15) is 27.9 Å². The number of piperidine rings is 2. The van der Waals surface area contributed by atoms with Crippen LogP contribution in [0.5, 0.6) is 5.75 Å². The normalized spacial score (nSPS) is 16.5. The van der Waals surface area contributed by atoms with Crippen LogP contribution in [0.25, 0.3) is 10.8 Å². The van der Waals surface area contributed by atoms with E-state index in [-0.39, 0.29) is 48.1 Å². The van der Waals surface area contributed by atoms with E-state index in [4.69, 9.17) is 4.74 Å². The Hall–Kier alpha value is -2.68. The van der Waals surface area contributed by atoms with E-state index in [0.29, 0.717) is 23.0 Å². The molecule has 0 spiro atoms. The molecule has 2 aromatic carbocycles. The Morgan fingerprint density at radius 2 is 1.43 bits per heavy atom. The second-order valence-electron chi connectivity index (χ2n) is 12.1. The van der Waals surface area contributed by atoms with Crippen LogP contribution in [0, 0.1) is 17.8 Å². The molecule has 0 aliphatic carbocycles. The molecule has 6 N–H and O–H groups in total. The zero-order valence-corrected chi connectivity index (χ0v) is 29.2. The molecule has 12 nitrogen and oxygen atoms in total. The molecule has 2 fully saturated rings. The van der Waals surface area contributed by atoms with Gasteiger partial charge in [-0.2, -0.15) is 4.72 Å². The van der Waals surface area contributed by atoms with E-state index >= 15 is 0 Å². The highest BCUT2D eigenvalue weighted by molar-refractivity contribution is 7.89. The van der Waals surface area contributed by atoms with E-state index in [1.54, 1.807) is 24.3 Å². The predicted octanol–water partition coefficient (Wildman–Crippen LogP) is 2.83. The summed E-state index contributed by atoms with van der Waals surface area (Å²) in [5, 5.41) is 23.0. The Balaban J connectivity index is 0.00000384. The molecule has 0 unspecified atom stereocenters. The Morgan fingerprint density at radius 3 is 1.98 bits per heavy atom. The van der Waals surface area contributed by atoms with Gasteiger partial charge in [0, 0.05) is 12.5 Å². The molecule has 2 heterocycles. The Labute approximate surface area is 289 Å². The highest BCUT2D eigenvalue weighted by Crippen LogP contribution is 2.27. The van der Waals surface area contributed by atoms with Crippen molar-refractivity contribution in [2.75, 3.05) is 46.4 Å². The fourth-order valence-corrected chi connectivity index (χ4v) is 7.37. The average molecular weight is 719 g/mol. The number of carbonyl (C=O) groups excluding carboxylic acids is 2. The van der Waals surface area contributed by atoms with Gasteiger partial charge in [0.15, 0.2) is 0 Å². The summed E-state index contributed by atoms with van der Waals surface area (Å²) >= 11 is 0. The van der Waals surface area contributed by atoms with Crippen LogP contribution in [-0.2, 0) is 24.4 Å². The van der Waals surface area contributed by atoms with Gasteiger partial charge in [-0.3, -0.25) is 14.4 Å². The minimum atomic E-state index is -4.22. The number of carboxylic acids is 1. The molecule has 0 radical (unpaired) electrons. The molecule has 2 aromatic rings.